The first-order valence-corrected chi connectivity index (χ1v) is 6.70. The van der Waals surface area contributed by atoms with E-state index in [1.165, 1.54) is 0 Å². The third-order valence-corrected chi connectivity index (χ3v) is 3.79. The molecule has 3 nitrogen and oxygen atoms in total. The molecule has 0 unspecified atom stereocenters. The molecule has 1 amide bonds. The molecule has 1 heterocycles. The highest BCUT2D eigenvalue weighted by molar-refractivity contribution is 5.82. The minimum Gasteiger partial charge on any atom is -0.343 e. The van der Waals surface area contributed by atoms with Crippen molar-refractivity contribution >= 4 is 5.91 Å². The molecule has 0 aromatic heterocycles. The van der Waals surface area contributed by atoms with Crippen molar-refractivity contribution in [1.29, 1.82) is 0 Å². The first-order valence-electron chi connectivity index (χ1n) is 6.70. The third kappa shape index (κ3) is 2.76. The summed E-state index contributed by atoms with van der Waals surface area (Å²) in [5.41, 5.74) is -0.0635. The number of hydrogen-bond donors (Lipinski definition) is 1. The number of carbonyl (C=O) groups is 1. The van der Waals surface area contributed by atoms with Crippen molar-refractivity contribution in [3.8, 4) is 0 Å². The van der Waals surface area contributed by atoms with Crippen LogP contribution >= 0.6 is 0 Å². The highest BCUT2D eigenvalue weighted by atomic mass is 16.2. The minimum absolute atomic E-state index is 0.0635. The summed E-state index contributed by atoms with van der Waals surface area (Å²) in [5, 5.41) is 3.36. The molecule has 3 heteroatoms. The number of hydrogen-bond acceptors (Lipinski definition) is 2. The molecule has 1 fully saturated rings. The van der Waals surface area contributed by atoms with Crippen LogP contribution in [-0.2, 0) is 4.79 Å². The number of carbonyl (C=O) groups excluding carboxylic acids is 1. The lowest BCUT2D eigenvalue weighted by atomic mass is 9.74. The summed E-state index contributed by atoms with van der Waals surface area (Å²) in [4.78, 5) is 14.6. The zero-order valence-electron chi connectivity index (χ0n) is 11.0. The first-order chi connectivity index (χ1) is 7.70. The Balaban J connectivity index is 2.78. The first kappa shape index (κ1) is 13.5. The summed E-state index contributed by atoms with van der Waals surface area (Å²) >= 11 is 0. The molecular weight excluding hydrogens is 200 g/mol. The molecule has 0 aliphatic carbocycles. The Morgan fingerprint density at radius 2 is 1.75 bits per heavy atom. The maximum absolute atomic E-state index is 12.6. The van der Waals surface area contributed by atoms with E-state index < -0.39 is 0 Å². The van der Waals surface area contributed by atoms with Gasteiger partial charge in [-0.15, -0.1) is 0 Å². The van der Waals surface area contributed by atoms with Crippen LogP contribution in [0.2, 0.25) is 0 Å². The van der Waals surface area contributed by atoms with Gasteiger partial charge in [0.15, 0.2) is 0 Å². The predicted molar refractivity (Wildman–Crippen MR) is 67.4 cm³/mol. The zero-order chi connectivity index (χ0) is 12.0. The maximum atomic E-state index is 12.6. The highest BCUT2D eigenvalue weighted by Gasteiger charge is 2.40. The second-order valence-corrected chi connectivity index (χ2v) is 4.76. The summed E-state index contributed by atoms with van der Waals surface area (Å²) < 4.78 is 0. The zero-order valence-corrected chi connectivity index (χ0v) is 11.0. The van der Waals surface area contributed by atoms with E-state index in [2.05, 4.69) is 26.1 Å². The molecule has 16 heavy (non-hydrogen) atoms. The predicted octanol–water partition coefficient (Wildman–Crippen LogP) is 2.02. The van der Waals surface area contributed by atoms with Gasteiger partial charge in [0.05, 0.1) is 5.41 Å². The third-order valence-electron chi connectivity index (χ3n) is 3.79. The maximum Gasteiger partial charge on any atom is 0.228 e. The van der Waals surface area contributed by atoms with Crippen LogP contribution < -0.4 is 5.32 Å². The Bertz CT molecular complexity index is 212. The van der Waals surface area contributed by atoms with Crippen molar-refractivity contribution in [3.05, 3.63) is 0 Å². The van der Waals surface area contributed by atoms with Crippen molar-refractivity contribution in [3.63, 3.8) is 0 Å². The average molecular weight is 226 g/mol. The lowest BCUT2D eigenvalue weighted by molar-refractivity contribution is -0.144. The largest absolute Gasteiger partial charge is 0.343 e. The van der Waals surface area contributed by atoms with Gasteiger partial charge in [-0.25, -0.2) is 0 Å². The van der Waals surface area contributed by atoms with Crippen LogP contribution in [0, 0.1) is 5.41 Å². The molecule has 0 bridgehead atoms. The van der Waals surface area contributed by atoms with Crippen molar-refractivity contribution in [2.75, 3.05) is 26.2 Å². The summed E-state index contributed by atoms with van der Waals surface area (Å²) in [6, 6.07) is 0. The SMILES string of the molecule is CCCC1(C(=O)N(CC)CC)CCNCC1. The second kappa shape index (κ2) is 6.24. The van der Waals surface area contributed by atoms with Crippen molar-refractivity contribution in [2.45, 2.75) is 46.5 Å². The Labute approximate surface area is 99.6 Å². The van der Waals surface area contributed by atoms with E-state index in [0.717, 1.165) is 51.9 Å². The Morgan fingerprint density at radius 1 is 1.19 bits per heavy atom. The summed E-state index contributed by atoms with van der Waals surface area (Å²) in [6.45, 7) is 9.99. The van der Waals surface area contributed by atoms with E-state index >= 15 is 0 Å². The van der Waals surface area contributed by atoms with E-state index in [1.54, 1.807) is 0 Å². The van der Waals surface area contributed by atoms with Gasteiger partial charge in [0.25, 0.3) is 0 Å². The lowest BCUT2D eigenvalue weighted by Crippen LogP contribution is -2.49. The topological polar surface area (TPSA) is 32.3 Å². The van der Waals surface area contributed by atoms with Crippen molar-refractivity contribution in [1.82, 2.24) is 10.2 Å². The summed E-state index contributed by atoms with van der Waals surface area (Å²) in [5.74, 6) is 0.390. The van der Waals surface area contributed by atoms with Gasteiger partial charge in [-0.3, -0.25) is 4.79 Å². The molecule has 0 spiro atoms. The Hall–Kier alpha value is -0.570. The van der Waals surface area contributed by atoms with Crippen molar-refractivity contribution in [2.24, 2.45) is 5.41 Å². The van der Waals surface area contributed by atoms with E-state index in [0.29, 0.717) is 5.91 Å². The quantitative estimate of drug-likeness (QED) is 0.778. The van der Waals surface area contributed by atoms with Gasteiger partial charge in [0, 0.05) is 13.1 Å². The molecule has 0 radical (unpaired) electrons. The number of rotatable bonds is 5. The van der Waals surface area contributed by atoms with Crippen LogP contribution in [0.1, 0.15) is 46.5 Å². The van der Waals surface area contributed by atoms with Gasteiger partial charge >= 0.3 is 0 Å². The molecule has 0 atom stereocenters. The van der Waals surface area contributed by atoms with Crippen LogP contribution in [0.25, 0.3) is 0 Å². The van der Waals surface area contributed by atoms with Crippen molar-refractivity contribution < 1.29 is 4.79 Å². The van der Waals surface area contributed by atoms with Crippen LogP contribution in [0.5, 0.6) is 0 Å². The molecule has 0 aromatic rings. The monoisotopic (exact) mass is 226 g/mol. The molecule has 0 aromatic carbocycles. The fourth-order valence-corrected chi connectivity index (χ4v) is 2.80. The Morgan fingerprint density at radius 3 is 2.19 bits per heavy atom. The standard InChI is InChI=1S/C13H26N2O/c1-4-7-13(8-10-14-11-9-13)12(16)15(5-2)6-3/h14H,4-11H2,1-3H3. The van der Waals surface area contributed by atoms with E-state index in [1.807, 2.05) is 4.90 Å². The number of piperidine rings is 1. The Kier molecular flexibility index (Phi) is 5.26. The molecule has 1 saturated heterocycles. The number of nitrogens with zero attached hydrogens (tertiary/aromatic N) is 1. The molecule has 1 aliphatic rings. The van der Waals surface area contributed by atoms with E-state index in [9.17, 15) is 4.79 Å². The molecule has 1 rings (SSSR count). The van der Waals surface area contributed by atoms with Gasteiger partial charge in [-0.05, 0) is 46.2 Å². The van der Waals surface area contributed by atoms with Gasteiger partial charge in [0.2, 0.25) is 5.91 Å². The molecule has 1 aliphatic heterocycles. The van der Waals surface area contributed by atoms with Crippen LogP contribution in [0.3, 0.4) is 0 Å². The van der Waals surface area contributed by atoms with Crippen LogP contribution in [0.15, 0.2) is 0 Å². The van der Waals surface area contributed by atoms with E-state index in [-0.39, 0.29) is 5.41 Å². The number of nitrogens with one attached hydrogen (secondary N) is 1. The average Bonchev–Trinajstić information content (AvgIpc) is 2.32. The van der Waals surface area contributed by atoms with Gasteiger partial charge < -0.3 is 10.2 Å². The fraction of sp³-hybridized carbons (Fsp3) is 0.923. The fourth-order valence-electron chi connectivity index (χ4n) is 2.80. The molecular formula is C13H26N2O. The van der Waals surface area contributed by atoms with Gasteiger partial charge in [-0.2, -0.15) is 0 Å². The molecule has 1 N–H and O–H groups in total. The second-order valence-electron chi connectivity index (χ2n) is 4.76. The lowest BCUT2D eigenvalue weighted by Gasteiger charge is -2.39. The van der Waals surface area contributed by atoms with Crippen LogP contribution in [0.4, 0.5) is 0 Å². The summed E-state index contributed by atoms with van der Waals surface area (Å²) in [7, 11) is 0. The highest BCUT2D eigenvalue weighted by Crippen LogP contribution is 2.36. The molecule has 94 valence electrons. The van der Waals surface area contributed by atoms with Crippen LogP contribution in [-0.4, -0.2) is 37.0 Å². The smallest absolute Gasteiger partial charge is 0.228 e. The van der Waals surface area contributed by atoms with Gasteiger partial charge in [0.1, 0.15) is 0 Å². The minimum atomic E-state index is -0.0635. The van der Waals surface area contributed by atoms with Gasteiger partial charge in [-0.1, -0.05) is 13.3 Å². The summed E-state index contributed by atoms with van der Waals surface area (Å²) in [6.07, 6.45) is 4.17. The number of amides is 1. The normalized spacial score (nSPS) is 19.4. The van der Waals surface area contributed by atoms with E-state index in [4.69, 9.17) is 0 Å². The molecule has 0 saturated carbocycles.